The van der Waals surface area contributed by atoms with Gasteiger partial charge < -0.3 is 5.11 Å². The Morgan fingerprint density at radius 2 is 2.22 bits per heavy atom. The summed E-state index contributed by atoms with van der Waals surface area (Å²) in [5.74, 6) is -0.382. The molecule has 2 rings (SSSR count). The van der Waals surface area contributed by atoms with E-state index in [1.807, 2.05) is 7.05 Å². The standard InChI is InChI=1S/C13H18ClFN2O/c1-16-4-5-17(8-11(16)9-18)7-10-2-3-13(15)12(14)6-10/h2-3,6,11,18H,4-5,7-9H2,1H3. The van der Waals surface area contributed by atoms with Gasteiger partial charge in [-0.05, 0) is 24.7 Å². The predicted molar refractivity (Wildman–Crippen MR) is 70.2 cm³/mol. The van der Waals surface area contributed by atoms with Crippen molar-refractivity contribution >= 4 is 11.6 Å². The van der Waals surface area contributed by atoms with Gasteiger partial charge >= 0.3 is 0 Å². The molecule has 0 bridgehead atoms. The van der Waals surface area contributed by atoms with Gasteiger partial charge in [0.1, 0.15) is 5.82 Å². The lowest BCUT2D eigenvalue weighted by atomic mass is 10.1. The maximum Gasteiger partial charge on any atom is 0.141 e. The van der Waals surface area contributed by atoms with Crippen molar-refractivity contribution in [2.45, 2.75) is 12.6 Å². The van der Waals surface area contributed by atoms with Crippen LogP contribution in [0.1, 0.15) is 5.56 Å². The van der Waals surface area contributed by atoms with Crippen molar-refractivity contribution in [3.05, 3.63) is 34.6 Å². The van der Waals surface area contributed by atoms with Gasteiger partial charge in [-0.2, -0.15) is 0 Å². The molecule has 1 fully saturated rings. The molecule has 100 valence electrons. The molecule has 1 aromatic rings. The number of aliphatic hydroxyl groups excluding tert-OH is 1. The minimum Gasteiger partial charge on any atom is -0.395 e. The fraction of sp³-hybridized carbons (Fsp3) is 0.538. The molecular weight excluding hydrogens is 255 g/mol. The van der Waals surface area contributed by atoms with Crippen LogP contribution < -0.4 is 0 Å². The van der Waals surface area contributed by atoms with Crippen molar-refractivity contribution in [1.29, 1.82) is 0 Å². The summed E-state index contributed by atoms with van der Waals surface area (Å²) in [6.07, 6.45) is 0. The van der Waals surface area contributed by atoms with Gasteiger partial charge in [-0.1, -0.05) is 17.7 Å². The molecule has 1 aromatic carbocycles. The van der Waals surface area contributed by atoms with E-state index in [2.05, 4.69) is 9.80 Å². The molecule has 1 N–H and O–H groups in total. The summed E-state index contributed by atoms with van der Waals surface area (Å²) in [7, 11) is 2.02. The summed E-state index contributed by atoms with van der Waals surface area (Å²) in [5, 5.41) is 9.45. The summed E-state index contributed by atoms with van der Waals surface area (Å²) in [6, 6.07) is 5.00. The second-order valence-electron chi connectivity index (χ2n) is 4.80. The van der Waals surface area contributed by atoms with E-state index in [0.717, 1.165) is 31.7 Å². The first-order chi connectivity index (χ1) is 8.60. The first kappa shape index (κ1) is 13.7. The minimum atomic E-state index is -0.382. The van der Waals surface area contributed by atoms with Crippen molar-refractivity contribution < 1.29 is 9.50 Å². The maximum atomic E-state index is 13.1. The van der Waals surface area contributed by atoms with Gasteiger partial charge in [0.2, 0.25) is 0 Å². The molecule has 1 aliphatic heterocycles. The van der Waals surface area contributed by atoms with E-state index < -0.39 is 0 Å². The Labute approximate surface area is 112 Å². The van der Waals surface area contributed by atoms with Crippen LogP contribution in [0.5, 0.6) is 0 Å². The highest BCUT2D eigenvalue weighted by atomic mass is 35.5. The summed E-state index contributed by atoms with van der Waals surface area (Å²) in [4.78, 5) is 4.42. The highest BCUT2D eigenvalue weighted by Gasteiger charge is 2.23. The molecule has 0 aliphatic carbocycles. The number of benzene rings is 1. The monoisotopic (exact) mass is 272 g/mol. The summed E-state index contributed by atoms with van der Waals surface area (Å²) >= 11 is 5.77. The van der Waals surface area contributed by atoms with Crippen LogP contribution in [0, 0.1) is 5.82 Å². The van der Waals surface area contributed by atoms with Gasteiger partial charge in [0.25, 0.3) is 0 Å². The Morgan fingerprint density at radius 3 is 2.89 bits per heavy atom. The average molecular weight is 273 g/mol. The number of rotatable bonds is 3. The van der Waals surface area contributed by atoms with Crippen LogP contribution in [0.2, 0.25) is 5.02 Å². The molecule has 5 heteroatoms. The second kappa shape index (κ2) is 5.97. The van der Waals surface area contributed by atoms with Crippen LogP contribution in [-0.4, -0.2) is 54.2 Å². The quantitative estimate of drug-likeness (QED) is 0.905. The lowest BCUT2D eigenvalue weighted by Gasteiger charge is -2.38. The summed E-state index contributed by atoms with van der Waals surface area (Å²) in [5.41, 5.74) is 1.00. The molecule has 1 aliphatic rings. The van der Waals surface area contributed by atoms with Crippen LogP contribution in [0.25, 0.3) is 0 Å². The first-order valence-electron chi connectivity index (χ1n) is 6.07. The first-order valence-corrected chi connectivity index (χ1v) is 6.45. The van der Waals surface area contributed by atoms with Gasteiger partial charge in [-0.3, -0.25) is 9.80 Å². The van der Waals surface area contributed by atoms with Crippen LogP contribution in [0.15, 0.2) is 18.2 Å². The fourth-order valence-electron chi connectivity index (χ4n) is 2.25. The normalized spacial score (nSPS) is 22.3. The van der Waals surface area contributed by atoms with Gasteiger partial charge in [0, 0.05) is 32.2 Å². The lowest BCUT2D eigenvalue weighted by Crippen LogP contribution is -2.52. The zero-order chi connectivity index (χ0) is 13.1. The van der Waals surface area contributed by atoms with Crippen LogP contribution in [0.3, 0.4) is 0 Å². The highest BCUT2D eigenvalue weighted by molar-refractivity contribution is 6.30. The molecule has 1 atom stereocenters. The SMILES string of the molecule is CN1CCN(Cc2ccc(F)c(Cl)c2)CC1CO. The molecule has 1 saturated heterocycles. The van der Waals surface area contributed by atoms with Crippen molar-refractivity contribution in [1.82, 2.24) is 9.80 Å². The Bertz CT molecular complexity index is 416. The predicted octanol–water partition coefficient (Wildman–Crippen LogP) is 1.59. The van der Waals surface area contributed by atoms with Crippen molar-refractivity contribution in [2.24, 2.45) is 0 Å². The van der Waals surface area contributed by atoms with E-state index in [0.29, 0.717) is 0 Å². The molecule has 0 amide bonds. The largest absolute Gasteiger partial charge is 0.395 e. The van der Waals surface area contributed by atoms with E-state index in [1.165, 1.54) is 6.07 Å². The molecule has 1 unspecified atom stereocenters. The molecule has 1 heterocycles. The number of piperazine rings is 1. The third-order valence-corrected chi connectivity index (χ3v) is 3.75. The number of hydrogen-bond acceptors (Lipinski definition) is 3. The summed E-state index contributed by atoms with van der Waals surface area (Å²) in [6.45, 7) is 3.60. The number of likely N-dealkylation sites (N-methyl/N-ethyl adjacent to an activating group) is 1. The molecule has 0 aromatic heterocycles. The van der Waals surface area contributed by atoms with Crippen molar-refractivity contribution in [3.63, 3.8) is 0 Å². The zero-order valence-corrected chi connectivity index (χ0v) is 11.2. The van der Waals surface area contributed by atoms with Gasteiger partial charge in [-0.15, -0.1) is 0 Å². The molecular formula is C13H18ClFN2O. The topological polar surface area (TPSA) is 26.7 Å². The number of halogens is 2. The van der Waals surface area contributed by atoms with Gasteiger partial charge in [-0.25, -0.2) is 4.39 Å². The Kier molecular flexibility index (Phi) is 4.56. The Morgan fingerprint density at radius 1 is 1.44 bits per heavy atom. The van der Waals surface area contributed by atoms with Gasteiger partial charge in [0.15, 0.2) is 0 Å². The molecule has 18 heavy (non-hydrogen) atoms. The smallest absolute Gasteiger partial charge is 0.141 e. The zero-order valence-electron chi connectivity index (χ0n) is 10.4. The van der Waals surface area contributed by atoms with E-state index in [4.69, 9.17) is 11.6 Å². The summed E-state index contributed by atoms with van der Waals surface area (Å²) < 4.78 is 13.1. The third kappa shape index (κ3) is 3.20. The molecule has 0 spiro atoms. The second-order valence-corrected chi connectivity index (χ2v) is 5.21. The van der Waals surface area contributed by atoms with E-state index in [9.17, 15) is 9.50 Å². The highest BCUT2D eigenvalue weighted by Crippen LogP contribution is 2.18. The lowest BCUT2D eigenvalue weighted by molar-refractivity contribution is 0.0540. The number of nitrogens with zero attached hydrogens (tertiary/aromatic N) is 2. The maximum absolute atomic E-state index is 13.1. The third-order valence-electron chi connectivity index (χ3n) is 3.46. The Balaban J connectivity index is 1.99. The van der Waals surface area contributed by atoms with E-state index in [-0.39, 0.29) is 23.5 Å². The molecule has 0 saturated carbocycles. The number of aliphatic hydroxyl groups is 1. The van der Waals surface area contributed by atoms with Crippen LogP contribution in [0.4, 0.5) is 4.39 Å². The molecule has 3 nitrogen and oxygen atoms in total. The minimum absolute atomic E-state index is 0.164. The van der Waals surface area contributed by atoms with Crippen LogP contribution >= 0.6 is 11.6 Å². The molecule has 0 radical (unpaired) electrons. The Hall–Kier alpha value is -0.680. The van der Waals surface area contributed by atoms with Crippen molar-refractivity contribution in [2.75, 3.05) is 33.3 Å². The number of hydrogen-bond donors (Lipinski definition) is 1. The van der Waals surface area contributed by atoms with Crippen LogP contribution in [-0.2, 0) is 6.54 Å². The van der Waals surface area contributed by atoms with Crippen molar-refractivity contribution in [3.8, 4) is 0 Å². The average Bonchev–Trinajstić information content (AvgIpc) is 2.36. The van der Waals surface area contributed by atoms with Gasteiger partial charge in [0.05, 0.1) is 11.6 Å². The van der Waals surface area contributed by atoms with E-state index in [1.54, 1.807) is 12.1 Å². The fourth-order valence-corrected chi connectivity index (χ4v) is 2.45. The van der Waals surface area contributed by atoms with E-state index >= 15 is 0 Å².